The number of primary sulfonamides is 1. The van der Waals surface area contributed by atoms with Gasteiger partial charge in [0, 0.05) is 10.9 Å². The number of fused-ring (bicyclic) bond motifs is 1. The van der Waals surface area contributed by atoms with Crippen LogP contribution in [-0.2, 0) is 10.0 Å². The molecular weight excluding hydrogens is 386 g/mol. The Morgan fingerprint density at radius 3 is 2.17 bits per heavy atom. The third kappa shape index (κ3) is 3.46. The van der Waals surface area contributed by atoms with Crippen LogP contribution in [0.1, 0.15) is 11.1 Å². The lowest BCUT2D eigenvalue weighted by Gasteiger charge is -2.13. The fourth-order valence-corrected chi connectivity index (χ4v) is 3.94. The van der Waals surface area contributed by atoms with Gasteiger partial charge in [0.05, 0.1) is 21.7 Å². The first kappa shape index (κ1) is 19.0. The normalized spacial score (nSPS) is 11.7. The van der Waals surface area contributed by atoms with Crippen LogP contribution in [0.25, 0.3) is 27.7 Å². The lowest BCUT2D eigenvalue weighted by Crippen LogP contribution is -2.22. The molecule has 0 saturated carbocycles. The van der Waals surface area contributed by atoms with E-state index in [4.69, 9.17) is 5.14 Å². The van der Waals surface area contributed by atoms with E-state index in [0.29, 0.717) is 16.8 Å². The van der Waals surface area contributed by atoms with E-state index in [9.17, 15) is 13.2 Å². The summed E-state index contributed by atoms with van der Waals surface area (Å²) < 4.78 is 24.3. The Hall–Kier alpha value is -3.29. The van der Waals surface area contributed by atoms with Crippen LogP contribution in [0, 0.1) is 13.8 Å². The molecule has 0 aliphatic rings. The molecule has 0 spiro atoms. The minimum Gasteiger partial charge on any atom is -0.267 e. The minimum absolute atomic E-state index is 0.0234. The lowest BCUT2D eigenvalue weighted by atomic mass is 9.99. The number of nitrogens with two attached hydrogens (primary N) is 1. The Morgan fingerprint density at radius 1 is 0.897 bits per heavy atom. The summed E-state index contributed by atoms with van der Waals surface area (Å²) in [5, 5.41) is 11.1. The fraction of sp³-hybridized carbons (Fsp3) is 0.0909. The second-order valence-electron chi connectivity index (χ2n) is 6.97. The molecule has 0 amide bonds. The van der Waals surface area contributed by atoms with Gasteiger partial charge in [0.1, 0.15) is 0 Å². The van der Waals surface area contributed by atoms with E-state index >= 15 is 0 Å². The Labute approximate surface area is 168 Å². The van der Waals surface area contributed by atoms with Gasteiger partial charge in [-0.3, -0.25) is 4.79 Å². The van der Waals surface area contributed by atoms with E-state index in [0.717, 1.165) is 22.1 Å². The SMILES string of the molecule is Cc1ccc(-c2nn(-c3ccc(S(N)(=O)=O)cc3)c(=O)c3ccccc23)c(C)c1. The van der Waals surface area contributed by atoms with Crippen molar-refractivity contribution >= 4 is 20.8 Å². The molecule has 6 nitrogen and oxygen atoms in total. The van der Waals surface area contributed by atoms with Gasteiger partial charge in [-0.15, -0.1) is 0 Å². The van der Waals surface area contributed by atoms with E-state index < -0.39 is 10.0 Å². The van der Waals surface area contributed by atoms with E-state index in [-0.39, 0.29) is 10.5 Å². The van der Waals surface area contributed by atoms with Gasteiger partial charge in [0.2, 0.25) is 10.0 Å². The minimum atomic E-state index is -3.82. The molecule has 0 aliphatic heterocycles. The standard InChI is InChI=1S/C22H19N3O3S/c1-14-7-12-18(15(2)13-14)21-19-5-3-4-6-20(19)22(26)25(24-21)16-8-10-17(11-9-16)29(23,27)28/h3-13H,1-2H3,(H2,23,27,28). The van der Waals surface area contributed by atoms with Crippen LogP contribution in [0.5, 0.6) is 0 Å². The van der Waals surface area contributed by atoms with Crippen LogP contribution >= 0.6 is 0 Å². The molecule has 1 aromatic heterocycles. The van der Waals surface area contributed by atoms with Crippen molar-refractivity contribution in [2.24, 2.45) is 5.14 Å². The second-order valence-corrected chi connectivity index (χ2v) is 8.53. The van der Waals surface area contributed by atoms with Crippen LogP contribution in [-0.4, -0.2) is 18.2 Å². The molecule has 1 heterocycles. The zero-order chi connectivity index (χ0) is 20.8. The van der Waals surface area contributed by atoms with Crippen molar-refractivity contribution in [2.75, 3.05) is 0 Å². The molecule has 0 radical (unpaired) electrons. The molecule has 0 atom stereocenters. The van der Waals surface area contributed by atoms with Crippen molar-refractivity contribution in [1.82, 2.24) is 9.78 Å². The maximum absolute atomic E-state index is 13.1. The van der Waals surface area contributed by atoms with Gasteiger partial charge in [0.15, 0.2) is 0 Å². The monoisotopic (exact) mass is 405 g/mol. The fourth-order valence-electron chi connectivity index (χ4n) is 3.42. The maximum Gasteiger partial charge on any atom is 0.279 e. The summed E-state index contributed by atoms with van der Waals surface area (Å²) in [5.74, 6) is 0. The average Bonchev–Trinajstić information content (AvgIpc) is 2.69. The number of aromatic nitrogens is 2. The predicted molar refractivity (Wildman–Crippen MR) is 114 cm³/mol. The Kier molecular flexibility index (Phi) is 4.56. The van der Waals surface area contributed by atoms with E-state index in [1.165, 1.54) is 28.9 Å². The molecule has 2 N–H and O–H groups in total. The molecule has 0 fully saturated rings. The topological polar surface area (TPSA) is 95.1 Å². The van der Waals surface area contributed by atoms with Gasteiger partial charge in [-0.25, -0.2) is 13.6 Å². The van der Waals surface area contributed by atoms with Crippen molar-refractivity contribution in [3.05, 3.63) is 88.2 Å². The zero-order valence-electron chi connectivity index (χ0n) is 16.0. The van der Waals surface area contributed by atoms with Gasteiger partial charge < -0.3 is 0 Å². The molecule has 3 aromatic carbocycles. The molecule has 29 heavy (non-hydrogen) atoms. The number of rotatable bonds is 3. The largest absolute Gasteiger partial charge is 0.279 e. The Balaban J connectivity index is 2.01. The van der Waals surface area contributed by atoms with Gasteiger partial charge >= 0.3 is 0 Å². The van der Waals surface area contributed by atoms with Crippen molar-refractivity contribution < 1.29 is 8.42 Å². The second kappa shape index (κ2) is 6.95. The maximum atomic E-state index is 13.1. The third-order valence-corrected chi connectivity index (χ3v) is 5.78. The summed E-state index contributed by atoms with van der Waals surface area (Å²) in [7, 11) is -3.82. The number of hydrogen-bond acceptors (Lipinski definition) is 4. The quantitative estimate of drug-likeness (QED) is 0.566. The zero-order valence-corrected chi connectivity index (χ0v) is 16.8. The van der Waals surface area contributed by atoms with Crippen molar-refractivity contribution in [3.63, 3.8) is 0 Å². The van der Waals surface area contributed by atoms with E-state index in [2.05, 4.69) is 11.2 Å². The molecule has 0 unspecified atom stereocenters. The molecule has 0 saturated heterocycles. The van der Waals surface area contributed by atoms with E-state index in [1.54, 1.807) is 6.07 Å². The lowest BCUT2D eigenvalue weighted by molar-refractivity contribution is 0.597. The number of aryl methyl sites for hydroxylation is 2. The first-order valence-corrected chi connectivity index (χ1v) is 10.5. The summed E-state index contributed by atoms with van der Waals surface area (Å²) in [4.78, 5) is 13.1. The molecule has 4 rings (SSSR count). The number of hydrogen-bond donors (Lipinski definition) is 1. The van der Waals surface area contributed by atoms with Crippen LogP contribution in [0.15, 0.2) is 76.4 Å². The first-order valence-electron chi connectivity index (χ1n) is 8.98. The smallest absolute Gasteiger partial charge is 0.267 e. The van der Waals surface area contributed by atoms with Gasteiger partial charge in [-0.1, -0.05) is 42.0 Å². The Morgan fingerprint density at radius 2 is 1.55 bits per heavy atom. The molecule has 4 aromatic rings. The van der Waals surface area contributed by atoms with Gasteiger partial charge in [-0.05, 0) is 49.7 Å². The molecule has 7 heteroatoms. The van der Waals surface area contributed by atoms with Crippen LogP contribution in [0.2, 0.25) is 0 Å². The summed E-state index contributed by atoms with van der Waals surface area (Å²) in [6.07, 6.45) is 0. The first-order chi connectivity index (χ1) is 13.8. The Bertz CT molecular complexity index is 1410. The highest BCUT2D eigenvalue weighted by Crippen LogP contribution is 2.28. The molecule has 0 bridgehead atoms. The highest BCUT2D eigenvalue weighted by Gasteiger charge is 2.15. The number of nitrogens with zero attached hydrogens (tertiary/aromatic N) is 2. The third-order valence-electron chi connectivity index (χ3n) is 4.85. The molecule has 146 valence electrons. The van der Waals surface area contributed by atoms with Crippen LogP contribution in [0.4, 0.5) is 0 Å². The van der Waals surface area contributed by atoms with Gasteiger partial charge in [-0.2, -0.15) is 9.78 Å². The molecule has 0 aliphatic carbocycles. The van der Waals surface area contributed by atoms with Crippen molar-refractivity contribution in [1.29, 1.82) is 0 Å². The average molecular weight is 405 g/mol. The highest BCUT2D eigenvalue weighted by molar-refractivity contribution is 7.89. The van der Waals surface area contributed by atoms with E-state index in [1.807, 2.05) is 44.2 Å². The van der Waals surface area contributed by atoms with Crippen molar-refractivity contribution in [2.45, 2.75) is 18.7 Å². The summed E-state index contributed by atoms with van der Waals surface area (Å²) in [6, 6.07) is 19.2. The highest BCUT2D eigenvalue weighted by atomic mass is 32.2. The summed E-state index contributed by atoms with van der Waals surface area (Å²) >= 11 is 0. The van der Waals surface area contributed by atoms with Crippen molar-refractivity contribution in [3.8, 4) is 16.9 Å². The summed E-state index contributed by atoms with van der Waals surface area (Å²) in [5.41, 5.74) is 3.99. The van der Waals surface area contributed by atoms with Gasteiger partial charge in [0.25, 0.3) is 5.56 Å². The van der Waals surface area contributed by atoms with Crippen LogP contribution < -0.4 is 10.7 Å². The van der Waals surface area contributed by atoms with Crippen LogP contribution in [0.3, 0.4) is 0 Å². The molecular formula is C22H19N3O3S. The summed E-state index contributed by atoms with van der Waals surface area (Å²) in [6.45, 7) is 4.03. The number of benzene rings is 3. The predicted octanol–water partition coefficient (Wildman–Crippen LogP) is 3.32. The number of sulfonamides is 1.